The molecule has 3 aromatic rings. The van der Waals surface area contributed by atoms with Crippen LogP contribution >= 0.6 is 0 Å². The predicted molar refractivity (Wildman–Crippen MR) is 106 cm³/mol. The molecule has 0 saturated heterocycles. The van der Waals surface area contributed by atoms with Crippen LogP contribution in [-0.2, 0) is 6.42 Å². The predicted octanol–water partition coefficient (Wildman–Crippen LogP) is 4.50. The average molecular weight is 348 g/mol. The topological polar surface area (TPSA) is 59.1 Å². The monoisotopic (exact) mass is 348 g/mol. The second-order valence-electron chi connectivity index (χ2n) is 6.11. The van der Waals surface area contributed by atoms with Crippen LogP contribution < -0.4 is 15.4 Å². The van der Waals surface area contributed by atoms with E-state index in [1.165, 1.54) is 11.1 Å². The molecule has 2 aromatic carbocycles. The Morgan fingerprint density at radius 1 is 0.923 bits per heavy atom. The summed E-state index contributed by atoms with van der Waals surface area (Å²) in [6.07, 6.45) is 0.855. The van der Waals surface area contributed by atoms with E-state index in [9.17, 15) is 0 Å². The van der Waals surface area contributed by atoms with Crippen molar-refractivity contribution in [3.8, 4) is 5.75 Å². The molecule has 0 spiro atoms. The Balaban J connectivity index is 1.67. The molecule has 0 aliphatic carbocycles. The quantitative estimate of drug-likeness (QED) is 0.658. The Morgan fingerprint density at radius 2 is 1.65 bits per heavy atom. The van der Waals surface area contributed by atoms with Crippen molar-refractivity contribution in [1.82, 2.24) is 9.97 Å². The second-order valence-corrected chi connectivity index (χ2v) is 6.11. The zero-order valence-corrected chi connectivity index (χ0v) is 15.4. The summed E-state index contributed by atoms with van der Waals surface area (Å²) < 4.78 is 5.40. The van der Waals surface area contributed by atoms with Crippen LogP contribution in [0.3, 0.4) is 0 Å². The molecule has 1 aromatic heterocycles. The van der Waals surface area contributed by atoms with E-state index < -0.39 is 0 Å². The first-order valence-electron chi connectivity index (χ1n) is 8.70. The lowest BCUT2D eigenvalue weighted by Gasteiger charge is -2.12. The largest absolute Gasteiger partial charge is 0.496 e. The van der Waals surface area contributed by atoms with E-state index in [1.54, 1.807) is 7.11 Å². The number of methoxy groups -OCH3 is 1. The molecule has 0 fully saturated rings. The Hall–Kier alpha value is -3.08. The Kier molecular flexibility index (Phi) is 5.69. The van der Waals surface area contributed by atoms with E-state index in [0.29, 0.717) is 0 Å². The molecular formula is C21H24N4O. The minimum absolute atomic E-state index is 0.725. The number of aryl methyl sites for hydroxylation is 2. The molecule has 0 saturated carbocycles. The van der Waals surface area contributed by atoms with Crippen LogP contribution in [0.25, 0.3) is 0 Å². The van der Waals surface area contributed by atoms with Gasteiger partial charge in [-0.25, -0.2) is 9.97 Å². The number of benzene rings is 2. The van der Waals surface area contributed by atoms with Gasteiger partial charge in [-0.15, -0.1) is 0 Å². The summed E-state index contributed by atoms with van der Waals surface area (Å²) in [5.41, 5.74) is 3.39. The van der Waals surface area contributed by atoms with Gasteiger partial charge in [0.05, 0.1) is 7.11 Å². The number of anilines is 3. The molecular weight excluding hydrogens is 324 g/mol. The van der Waals surface area contributed by atoms with Crippen molar-refractivity contribution < 1.29 is 4.74 Å². The zero-order valence-electron chi connectivity index (χ0n) is 15.4. The van der Waals surface area contributed by atoms with Crippen LogP contribution in [0.15, 0.2) is 54.6 Å². The highest BCUT2D eigenvalue weighted by Crippen LogP contribution is 2.21. The normalized spacial score (nSPS) is 10.4. The fraction of sp³-hybridized carbons (Fsp3) is 0.238. The van der Waals surface area contributed by atoms with Gasteiger partial charge in [-0.1, -0.05) is 36.4 Å². The zero-order chi connectivity index (χ0) is 18.4. The number of nitrogens with zero attached hydrogens (tertiary/aromatic N) is 2. The maximum atomic E-state index is 5.40. The van der Waals surface area contributed by atoms with Crippen LogP contribution in [0.5, 0.6) is 5.75 Å². The number of hydrogen-bond acceptors (Lipinski definition) is 5. The molecule has 3 rings (SSSR count). The number of para-hydroxylation sites is 2. The molecule has 0 aliphatic rings. The van der Waals surface area contributed by atoms with Gasteiger partial charge in [-0.05, 0) is 43.5 Å². The lowest BCUT2D eigenvalue weighted by atomic mass is 10.1. The molecule has 5 heteroatoms. The molecule has 0 radical (unpaired) electrons. The van der Waals surface area contributed by atoms with Gasteiger partial charge in [0, 0.05) is 18.3 Å². The van der Waals surface area contributed by atoms with Crippen molar-refractivity contribution in [3.63, 3.8) is 0 Å². The summed E-state index contributed by atoms with van der Waals surface area (Å²) in [7, 11) is 1.70. The summed E-state index contributed by atoms with van der Waals surface area (Å²) in [5.74, 6) is 3.23. The van der Waals surface area contributed by atoms with Gasteiger partial charge < -0.3 is 15.4 Å². The number of ether oxygens (including phenoxy) is 1. The molecule has 1 heterocycles. The average Bonchev–Trinajstić information content (AvgIpc) is 2.64. The third kappa shape index (κ3) is 4.51. The van der Waals surface area contributed by atoms with Gasteiger partial charge in [0.25, 0.3) is 0 Å². The van der Waals surface area contributed by atoms with Crippen molar-refractivity contribution >= 4 is 17.3 Å². The highest BCUT2D eigenvalue weighted by Gasteiger charge is 2.05. The summed E-state index contributed by atoms with van der Waals surface area (Å²) >= 11 is 0. The Morgan fingerprint density at radius 3 is 2.46 bits per heavy atom. The Labute approximate surface area is 154 Å². The molecule has 0 bridgehead atoms. The van der Waals surface area contributed by atoms with Gasteiger partial charge in [0.2, 0.25) is 0 Å². The number of aromatic nitrogens is 2. The summed E-state index contributed by atoms with van der Waals surface area (Å²) in [4.78, 5) is 8.96. The van der Waals surface area contributed by atoms with Crippen molar-refractivity contribution in [1.29, 1.82) is 0 Å². The lowest BCUT2D eigenvalue weighted by molar-refractivity contribution is 0.410. The van der Waals surface area contributed by atoms with Gasteiger partial charge in [-0.3, -0.25) is 0 Å². The minimum Gasteiger partial charge on any atom is -0.496 e. The molecule has 2 N–H and O–H groups in total. The van der Waals surface area contributed by atoms with E-state index in [4.69, 9.17) is 4.74 Å². The maximum absolute atomic E-state index is 5.40. The standard InChI is InChI=1S/C21H24N4O/c1-15-8-4-6-10-18(15)25-21-14-20(23-16(2)24-21)22-13-12-17-9-5-7-11-19(17)26-3/h4-11,14H,12-13H2,1-3H3,(H2,22,23,24,25). The van der Waals surface area contributed by atoms with Crippen LogP contribution in [-0.4, -0.2) is 23.6 Å². The highest BCUT2D eigenvalue weighted by atomic mass is 16.5. The van der Waals surface area contributed by atoms with Crippen LogP contribution in [0.1, 0.15) is 17.0 Å². The van der Waals surface area contributed by atoms with Crippen molar-refractivity contribution in [2.24, 2.45) is 0 Å². The van der Waals surface area contributed by atoms with Crippen molar-refractivity contribution in [2.45, 2.75) is 20.3 Å². The summed E-state index contributed by atoms with van der Waals surface area (Å²) in [6, 6.07) is 18.1. The first-order chi connectivity index (χ1) is 12.7. The maximum Gasteiger partial charge on any atom is 0.136 e. The molecule has 0 aliphatic heterocycles. The molecule has 5 nitrogen and oxygen atoms in total. The molecule has 0 unspecified atom stereocenters. The minimum atomic E-state index is 0.725. The van der Waals surface area contributed by atoms with E-state index in [1.807, 2.05) is 49.4 Å². The molecule has 0 atom stereocenters. The third-order valence-corrected chi connectivity index (χ3v) is 4.14. The Bertz CT molecular complexity index is 879. The first kappa shape index (κ1) is 17.7. The van der Waals surface area contributed by atoms with Gasteiger partial charge in [0.1, 0.15) is 23.2 Å². The fourth-order valence-electron chi connectivity index (χ4n) is 2.81. The van der Waals surface area contributed by atoms with Crippen molar-refractivity contribution in [3.05, 3.63) is 71.5 Å². The first-order valence-corrected chi connectivity index (χ1v) is 8.70. The smallest absolute Gasteiger partial charge is 0.136 e. The molecule has 134 valence electrons. The second kappa shape index (κ2) is 8.34. The summed E-state index contributed by atoms with van der Waals surface area (Å²) in [5, 5.41) is 6.75. The van der Waals surface area contributed by atoms with Crippen LogP contribution in [0.2, 0.25) is 0 Å². The third-order valence-electron chi connectivity index (χ3n) is 4.14. The lowest BCUT2D eigenvalue weighted by Crippen LogP contribution is -2.09. The van der Waals surface area contributed by atoms with E-state index >= 15 is 0 Å². The number of nitrogens with one attached hydrogen (secondary N) is 2. The van der Waals surface area contributed by atoms with Gasteiger partial charge >= 0.3 is 0 Å². The highest BCUT2D eigenvalue weighted by molar-refractivity contribution is 5.62. The van der Waals surface area contributed by atoms with Crippen molar-refractivity contribution in [2.75, 3.05) is 24.3 Å². The van der Waals surface area contributed by atoms with Gasteiger partial charge in [0.15, 0.2) is 0 Å². The van der Waals surface area contributed by atoms with Gasteiger partial charge in [-0.2, -0.15) is 0 Å². The SMILES string of the molecule is COc1ccccc1CCNc1cc(Nc2ccccc2C)nc(C)n1. The fourth-order valence-corrected chi connectivity index (χ4v) is 2.81. The molecule has 26 heavy (non-hydrogen) atoms. The summed E-state index contributed by atoms with van der Waals surface area (Å²) in [6.45, 7) is 4.73. The van der Waals surface area contributed by atoms with E-state index in [2.05, 4.69) is 39.7 Å². The van der Waals surface area contributed by atoms with E-state index in [-0.39, 0.29) is 0 Å². The van der Waals surface area contributed by atoms with E-state index in [0.717, 1.165) is 41.9 Å². The van der Waals surface area contributed by atoms with Crippen LogP contribution in [0, 0.1) is 13.8 Å². The number of rotatable bonds is 7. The van der Waals surface area contributed by atoms with Crippen LogP contribution in [0.4, 0.5) is 17.3 Å². The molecule has 0 amide bonds. The number of hydrogen-bond donors (Lipinski definition) is 2.